The molecule has 2 N–H and O–H groups in total. The summed E-state index contributed by atoms with van der Waals surface area (Å²) < 4.78 is 10.6. The van der Waals surface area contributed by atoms with Crippen molar-refractivity contribution in [3.8, 4) is 0 Å². The summed E-state index contributed by atoms with van der Waals surface area (Å²) in [6, 6.07) is 0.0541. The minimum absolute atomic E-state index is 0.0541. The van der Waals surface area contributed by atoms with Gasteiger partial charge in [-0.1, -0.05) is 12.1 Å². The van der Waals surface area contributed by atoms with Crippen LogP contribution in [0.4, 0.5) is 4.79 Å². The highest BCUT2D eigenvalue weighted by Crippen LogP contribution is 2.22. The zero-order valence-electron chi connectivity index (χ0n) is 17.5. The third kappa shape index (κ3) is 5.87. The number of nitrogens with one attached hydrogen (secondary N) is 2. The van der Waals surface area contributed by atoms with Crippen LogP contribution in [0.25, 0.3) is 0 Å². The van der Waals surface area contributed by atoms with E-state index in [0.717, 1.165) is 42.5 Å². The van der Waals surface area contributed by atoms with Gasteiger partial charge >= 0.3 is 6.09 Å². The first-order valence-electron chi connectivity index (χ1n) is 9.48. The number of aryl methyl sites for hydroxylation is 2. The van der Waals surface area contributed by atoms with E-state index >= 15 is 0 Å². The third-order valence-electron chi connectivity index (χ3n) is 4.57. The van der Waals surface area contributed by atoms with Gasteiger partial charge in [0, 0.05) is 38.2 Å². The molecular formula is C19H33N5O3. The standard InChI is InChI=1S/C19H33N5O3/c1-12(16-13(2)23-27-14(16)3)10-21-17(20-7)24-9-8-15(11-24)22-18(25)26-19(4,5)6/h12,15H,8-11H2,1-7H3,(H,20,21)(H,22,25)/t12?,15-/m1/s1. The van der Waals surface area contributed by atoms with Gasteiger partial charge in [-0.2, -0.15) is 0 Å². The molecule has 1 unspecified atom stereocenters. The number of alkyl carbamates (subject to hydrolysis) is 1. The molecule has 1 saturated heterocycles. The molecule has 152 valence electrons. The van der Waals surface area contributed by atoms with Crippen LogP contribution in [0.2, 0.25) is 0 Å². The number of aromatic nitrogens is 1. The quantitative estimate of drug-likeness (QED) is 0.617. The topological polar surface area (TPSA) is 92.0 Å². The Hall–Kier alpha value is -2.25. The summed E-state index contributed by atoms with van der Waals surface area (Å²) in [6.45, 7) is 13.9. The average Bonchev–Trinajstić information content (AvgIpc) is 3.13. The zero-order valence-corrected chi connectivity index (χ0v) is 17.5. The molecule has 8 heteroatoms. The van der Waals surface area contributed by atoms with Crippen LogP contribution in [0.1, 0.15) is 57.1 Å². The van der Waals surface area contributed by atoms with Crippen LogP contribution in [-0.4, -0.2) is 60.4 Å². The number of likely N-dealkylation sites (tertiary alicyclic amines) is 1. The smallest absolute Gasteiger partial charge is 0.407 e. The highest BCUT2D eigenvalue weighted by molar-refractivity contribution is 5.80. The van der Waals surface area contributed by atoms with E-state index in [0.29, 0.717) is 6.54 Å². The van der Waals surface area contributed by atoms with Crippen molar-refractivity contribution in [2.24, 2.45) is 4.99 Å². The van der Waals surface area contributed by atoms with Gasteiger partial charge in [0.05, 0.1) is 11.7 Å². The molecule has 0 aromatic carbocycles. The number of guanidine groups is 1. The monoisotopic (exact) mass is 379 g/mol. The lowest BCUT2D eigenvalue weighted by molar-refractivity contribution is 0.0507. The van der Waals surface area contributed by atoms with Gasteiger partial charge in [-0.3, -0.25) is 4.99 Å². The van der Waals surface area contributed by atoms with Gasteiger partial charge < -0.3 is 24.8 Å². The van der Waals surface area contributed by atoms with Crippen LogP contribution >= 0.6 is 0 Å². The Morgan fingerprint density at radius 3 is 2.70 bits per heavy atom. The van der Waals surface area contributed by atoms with Gasteiger partial charge in [0.2, 0.25) is 0 Å². The molecule has 0 radical (unpaired) electrons. The highest BCUT2D eigenvalue weighted by atomic mass is 16.6. The predicted octanol–water partition coefficient (Wildman–Crippen LogP) is 2.57. The fourth-order valence-electron chi connectivity index (χ4n) is 3.42. The number of carbonyl (C=O) groups excluding carboxylic acids is 1. The summed E-state index contributed by atoms with van der Waals surface area (Å²) in [6.07, 6.45) is 0.489. The van der Waals surface area contributed by atoms with Gasteiger partial charge in [-0.05, 0) is 41.0 Å². The lowest BCUT2D eigenvalue weighted by atomic mass is 10.00. The molecule has 1 aliphatic rings. The molecule has 1 amide bonds. The Labute approximate surface area is 161 Å². The first-order valence-corrected chi connectivity index (χ1v) is 9.48. The van der Waals surface area contributed by atoms with E-state index in [9.17, 15) is 4.79 Å². The van der Waals surface area contributed by atoms with Crippen molar-refractivity contribution in [1.29, 1.82) is 0 Å². The second-order valence-electron chi connectivity index (χ2n) is 8.14. The van der Waals surface area contributed by atoms with E-state index in [2.05, 4.69) is 32.6 Å². The Morgan fingerprint density at radius 2 is 2.15 bits per heavy atom. The summed E-state index contributed by atoms with van der Waals surface area (Å²) in [7, 11) is 1.78. The fraction of sp³-hybridized carbons (Fsp3) is 0.737. The number of carbonyl (C=O) groups is 1. The second-order valence-corrected chi connectivity index (χ2v) is 8.14. The van der Waals surface area contributed by atoms with Crippen molar-refractivity contribution in [2.75, 3.05) is 26.7 Å². The molecule has 0 saturated carbocycles. The molecule has 1 aromatic rings. The van der Waals surface area contributed by atoms with Crippen molar-refractivity contribution >= 4 is 12.1 Å². The third-order valence-corrected chi connectivity index (χ3v) is 4.57. The van der Waals surface area contributed by atoms with Crippen molar-refractivity contribution in [3.05, 3.63) is 17.0 Å². The number of hydrogen-bond donors (Lipinski definition) is 2. The van der Waals surface area contributed by atoms with Crippen LogP contribution in [0.5, 0.6) is 0 Å². The molecular weight excluding hydrogens is 346 g/mol. The molecule has 27 heavy (non-hydrogen) atoms. The van der Waals surface area contributed by atoms with Gasteiger partial charge in [0.25, 0.3) is 0 Å². The van der Waals surface area contributed by atoms with E-state index in [1.54, 1.807) is 7.05 Å². The Bertz CT molecular complexity index is 658. The first-order chi connectivity index (χ1) is 12.6. The van der Waals surface area contributed by atoms with E-state index in [4.69, 9.17) is 9.26 Å². The maximum Gasteiger partial charge on any atom is 0.407 e. The molecule has 2 rings (SSSR count). The highest BCUT2D eigenvalue weighted by Gasteiger charge is 2.28. The summed E-state index contributed by atoms with van der Waals surface area (Å²) in [4.78, 5) is 18.5. The minimum Gasteiger partial charge on any atom is -0.444 e. The first kappa shape index (κ1) is 21.1. The predicted molar refractivity (Wildman–Crippen MR) is 105 cm³/mol. The van der Waals surface area contributed by atoms with Gasteiger partial charge in [0.1, 0.15) is 11.4 Å². The second kappa shape index (κ2) is 8.63. The molecule has 2 heterocycles. The molecule has 1 aliphatic heterocycles. The maximum absolute atomic E-state index is 12.0. The fourth-order valence-corrected chi connectivity index (χ4v) is 3.42. The Kier molecular flexibility index (Phi) is 6.73. The average molecular weight is 380 g/mol. The maximum atomic E-state index is 12.0. The molecule has 2 atom stereocenters. The van der Waals surface area contributed by atoms with Crippen molar-refractivity contribution in [3.63, 3.8) is 0 Å². The molecule has 1 fully saturated rings. The SMILES string of the molecule is CN=C(NCC(C)c1c(C)noc1C)N1CC[C@@H](NC(=O)OC(C)(C)C)C1. The van der Waals surface area contributed by atoms with Crippen LogP contribution in [0.15, 0.2) is 9.52 Å². The molecule has 0 aliphatic carbocycles. The Balaban J connectivity index is 1.85. The zero-order chi connectivity index (χ0) is 20.2. The van der Waals surface area contributed by atoms with Crippen LogP contribution < -0.4 is 10.6 Å². The van der Waals surface area contributed by atoms with E-state index in [-0.39, 0.29) is 18.1 Å². The summed E-state index contributed by atoms with van der Waals surface area (Å²) >= 11 is 0. The van der Waals surface area contributed by atoms with Crippen molar-refractivity contribution < 1.29 is 14.1 Å². The van der Waals surface area contributed by atoms with E-state index in [1.807, 2.05) is 34.6 Å². The van der Waals surface area contributed by atoms with Gasteiger partial charge in [-0.15, -0.1) is 0 Å². The Morgan fingerprint density at radius 1 is 1.44 bits per heavy atom. The molecule has 0 bridgehead atoms. The molecule has 8 nitrogen and oxygen atoms in total. The minimum atomic E-state index is -0.492. The lowest BCUT2D eigenvalue weighted by Crippen LogP contribution is -2.44. The molecule has 0 spiro atoms. The van der Waals surface area contributed by atoms with Crippen molar-refractivity contribution in [2.45, 2.75) is 65.5 Å². The summed E-state index contributed by atoms with van der Waals surface area (Å²) in [5.74, 6) is 1.95. The van der Waals surface area contributed by atoms with E-state index < -0.39 is 5.60 Å². The van der Waals surface area contributed by atoms with Crippen LogP contribution in [0, 0.1) is 13.8 Å². The number of aliphatic imine (C=N–C) groups is 1. The van der Waals surface area contributed by atoms with Crippen molar-refractivity contribution in [1.82, 2.24) is 20.7 Å². The number of hydrogen-bond acceptors (Lipinski definition) is 5. The largest absolute Gasteiger partial charge is 0.444 e. The number of rotatable bonds is 4. The number of amides is 1. The summed E-state index contributed by atoms with van der Waals surface area (Å²) in [5, 5.41) is 10.4. The van der Waals surface area contributed by atoms with Crippen LogP contribution in [-0.2, 0) is 4.74 Å². The van der Waals surface area contributed by atoms with Gasteiger partial charge in [0.15, 0.2) is 5.96 Å². The number of ether oxygens (including phenoxy) is 1. The van der Waals surface area contributed by atoms with Crippen LogP contribution in [0.3, 0.4) is 0 Å². The summed E-state index contributed by atoms with van der Waals surface area (Å²) in [5.41, 5.74) is 1.58. The molecule has 1 aromatic heterocycles. The van der Waals surface area contributed by atoms with Gasteiger partial charge in [-0.25, -0.2) is 4.79 Å². The lowest BCUT2D eigenvalue weighted by Gasteiger charge is -2.24. The normalized spacial score (nSPS) is 19.1. The number of nitrogens with zero attached hydrogens (tertiary/aromatic N) is 3. The van der Waals surface area contributed by atoms with E-state index in [1.165, 1.54) is 0 Å².